The van der Waals surface area contributed by atoms with Crippen LogP contribution in [0.15, 0.2) is 29.1 Å². The molecule has 0 fully saturated rings. The van der Waals surface area contributed by atoms with Crippen molar-refractivity contribution in [3.05, 3.63) is 56.2 Å². The normalized spacial score (nSPS) is 14.7. The van der Waals surface area contributed by atoms with Gasteiger partial charge >= 0.3 is 0 Å². The molecule has 0 unspecified atom stereocenters. The van der Waals surface area contributed by atoms with Crippen LogP contribution in [-0.2, 0) is 19.5 Å². The van der Waals surface area contributed by atoms with E-state index in [0.29, 0.717) is 11.3 Å². The molecule has 0 amide bonds. The van der Waals surface area contributed by atoms with Gasteiger partial charge in [-0.3, -0.25) is 14.7 Å². The summed E-state index contributed by atoms with van der Waals surface area (Å²) in [6.45, 7) is 2.37. The average molecular weight is 303 g/mol. The fourth-order valence-electron chi connectivity index (χ4n) is 2.64. The monoisotopic (exact) mass is 303 g/mol. The molecule has 0 atom stereocenters. The molecule has 1 aromatic carbocycles. The van der Waals surface area contributed by atoms with Crippen LogP contribution in [0.2, 0.25) is 0 Å². The Balaban J connectivity index is 1.76. The number of aromatic amines is 2. The second-order valence-corrected chi connectivity index (χ2v) is 5.58. The Hall–Kier alpha value is -1.92. The van der Waals surface area contributed by atoms with Crippen LogP contribution in [-0.4, -0.2) is 28.5 Å². The lowest BCUT2D eigenvalue weighted by Gasteiger charge is -2.27. The Bertz CT molecular complexity index is 749. The molecule has 3 rings (SSSR count). The molecule has 1 aliphatic rings. The topological polar surface area (TPSA) is 61.1 Å². The highest BCUT2D eigenvalue weighted by Crippen LogP contribution is 2.17. The average Bonchev–Trinajstić information content (AvgIpc) is 2.48. The van der Waals surface area contributed by atoms with Crippen LogP contribution in [0.1, 0.15) is 16.8 Å². The molecule has 110 valence electrons. The van der Waals surface area contributed by atoms with E-state index in [1.807, 2.05) is 12.1 Å². The summed E-state index contributed by atoms with van der Waals surface area (Å²) in [4.78, 5) is 20.0. The Labute approximate surface area is 127 Å². The Morgan fingerprint density at radius 1 is 1.29 bits per heavy atom. The lowest BCUT2D eigenvalue weighted by molar-refractivity contribution is 0.241. The van der Waals surface area contributed by atoms with Crippen molar-refractivity contribution in [1.29, 1.82) is 0 Å². The van der Waals surface area contributed by atoms with Gasteiger partial charge in [-0.15, -0.1) is 0 Å². The number of nitrogens with zero attached hydrogens (tertiary/aromatic N) is 1. The van der Waals surface area contributed by atoms with Crippen molar-refractivity contribution in [2.45, 2.75) is 19.5 Å². The third-order valence-corrected chi connectivity index (χ3v) is 3.96. The van der Waals surface area contributed by atoms with E-state index in [1.165, 1.54) is 5.56 Å². The van der Waals surface area contributed by atoms with Crippen molar-refractivity contribution < 1.29 is 4.74 Å². The van der Waals surface area contributed by atoms with Crippen LogP contribution in [0.4, 0.5) is 0 Å². The number of ether oxygens (including phenoxy) is 1. The molecule has 2 aromatic rings. The van der Waals surface area contributed by atoms with Crippen molar-refractivity contribution in [3.63, 3.8) is 0 Å². The van der Waals surface area contributed by atoms with E-state index in [9.17, 15) is 4.79 Å². The molecule has 2 N–H and O–H groups in total. The third-order valence-electron chi connectivity index (χ3n) is 3.75. The van der Waals surface area contributed by atoms with Crippen LogP contribution in [0.3, 0.4) is 0 Å². The summed E-state index contributed by atoms with van der Waals surface area (Å²) < 4.78 is 5.56. The quantitative estimate of drug-likeness (QED) is 0.852. The first-order valence-electron chi connectivity index (χ1n) is 6.85. The molecule has 0 radical (unpaired) electrons. The number of rotatable bonds is 3. The molecular weight excluding hydrogens is 286 g/mol. The van der Waals surface area contributed by atoms with Gasteiger partial charge in [0.05, 0.1) is 12.7 Å². The summed E-state index contributed by atoms with van der Waals surface area (Å²) in [7, 11) is 1.66. The van der Waals surface area contributed by atoms with Gasteiger partial charge in [0.2, 0.25) is 0 Å². The predicted molar refractivity (Wildman–Crippen MR) is 83.1 cm³/mol. The van der Waals surface area contributed by atoms with Gasteiger partial charge in [-0.05, 0) is 29.9 Å². The molecule has 0 aliphatic carbocycles. The molecule has 1 aromatic heterocycles. The van der Waals surface area contributed by atoms with E-state index in [2.05, 4.69) is 27.0 Å². The molecule has 0 bridgehead atoms. The lowest BCUT2D eigenvalue weighted by atomic mass is 10.1. The van der Waals surface area contributed by atoms with E-state index in [0.717, 1.165) is 36.5 Å². The van der Waals surface area contributed by atoms with Gasteiger partial charge in [0.15, 0.2) is 4.77 Å². The summed E-state index contributed by atoms with van der Waals surface area (Å²) >= 11 is 5.01. The van der Waals surface area contributed by atoms with Crippen LogP contribution in [0, 0.1) is 4.77 Å². The van der Waals surface area contributed by atoms with E-state index in [-0.39, 0.29) is 5.56 Å². The molecule has 0 spiro atoms. The summed E-state index contributed by atoms with van der Waals surface area (Å²) in [5.41, 5.74) is 2.89. The molecule has 21 heavy (non-hydrogen) atoms. The van der Waals surface area contributed by atoms with Gasteiger partial charge in [-0.2, -0.15) is 0 Å². The Morgan fingerprint density at radius 2 is 2.05 bits per heavy atom. The van der Waals surface area contributed by atoms with E-state index in [1.54, 1.807) is 7.11 Å². The maximum Gasteiger partial charge on any atom is 0.256 e. The molecule has 6 heteroatoms. The van der Waals surface area contributed by atoms with Gasteiger partial charge in [-0.1, -0.05) is 12.1 Å². The number of fused-ring (bicyclic) bond motifs is 1. The fraction of sp³-hybridized carbons (Fsp3) is 0.333. The van der Waals surface area contributed by atoms with Crippen molar-refractivity contribution in [2.75, 3.05) is 13.7 Å². The predicted octanol–water partition coefficient (Wildman–Crippen LogP) is 2.00. The van der Waals surface area contributed by atoms with Gasteiger partial charge < -0.3 is 9.72 Å². The third kappa shape index (κ3) is 3.06. The number of aromatic nitrogens is 2. The highest BCUT2D eigenvalue weighted by atomic mass is 32.1. The molecular formula is C15H17N3O2S. The number of hydrogen-bond acceptors (Lipinski definition) is 4. The smallest absolute Gasteiger partial charge is 0.256 e. The van der Waals surface area contributed by atoms with E-state index >= 15 is 0 Å². The van der Waals surface area contributed by atoms with Crippen LogP contribution in [0.5, 0.6) is 5.75 Å². The van der Waals surface area contributed by atoms with Gasteiger partial charge in [0.25, 0.3) is 5.56 Å². The number of benzene rings is 1. The standard InChI is InChI=1S/C15H17N3O2S/c1-20-11-4-2-10(3-5-11)8-18-7-6-13-12(9-18)14(19)17-15(21)16-13/h2-5H,6-9H2,1H3,(H2,16,17,19,21). The van der Waals surface area contributed by atoms with Crippen molar-refractivity contribution in [2.24, 2.45) is 0 Å². The minimum atomic E-state index is -0.0758. The number of methoxy groups -OCH3 is 1. The summed E-state index contributed by atoms with van der Waals surface area (Å²) in [6.07, 6.45) is 0.819. The molecule has 2 heterocycles. The van der Waals surface area contributed by atoms with Gasteiger partial charge in [0, 0.05) is 31.7 Å². The zero-order valence-electron chi connectivity index (χ0n) is 11.8. The number of H-pyrrole nitrogens is 2. The maximum absolute atomic E-state index is 12.0. The minimum absolute atomic E-state index is 0.0758. The zero-order chi connectivity index (χ0) is 14.8. The first-order valence-corrected chi connectivity index (χ1v) is 7.26. The van der Waals surface area contributed by atoms with Crippen molar-refractivity contribution in [1.82, 2.24) is 14.9 Å². The van der Waals surface area contributed by atoms with Crippen molar-refractivity contribution >= 4 is 12.2 Å². The second-order valence-electron chi connectivity index (χ2n) is 5.17. The van der Waals surface area contributed by atoms with Crippen LogP contribution < -0.4 is 10.3 Å². The zero-order valence-corrected chi connectivity index (χ0v) is 12.6. The molecule has 0 saturated carbocycles. The number of nitrogens with one attached hydrogen (secondary N) is 2. The second kappa shape index (κ2) is 5.83. The minimum Gasteiger partial charge on any atom is -0.497 e. The lowest BCUT2D eigenvalue weighted by Crippen LogP contribution is -2.35. The summed E-state index contributed by atoms with van der Waals surface area (Å²) in [6, 6.07) is 8.02. The summed E-state index contributed by atoms with van der Waals surface area (Å²) in [5, 5.41) is 0. The SMILES string of the molecule is COc1ccc(CN2CCc3[nH]c(=S)[nH]c(=O)c3C2)cc1. The molecule has 0 saturated heterocycles. The van der Waals surface area contributed by atoms with E-state index in [4.69, 9.17) is 17.0 Å². The molecule has 5 nitrogen and oxygen atoms in total. The first kappa shape index (κ1) is 14.0. The Morgan fingerprint density at radius 3 is 2.76 bits per heavy atom. The van der Waals surface area contributed by atoms with Gasteiger partial charge in [0.1, 0.15) is 5.75 Å². The summed E-state index contributed by atoms with van der Waals surface area (Å²) in [5.74, 6) is 0.853. The highest BCUT2D eigenvalue weighted by Gasteiger charge is 2.19. The maximum atomic E-state index is 12.0. The van der Waals surface area contributed by atoms with Gasteiger partial charge in [-0.25, -0.2) is 0 Å². The Kier molecular flexibility index (Phi) is 3.90. The van der Waals surface area contributed by atoms with Crippen LogP contribution in [0.25, 0.3) is 0 Å². The number of hydrogen-bond donors (Lipinski definition) is 2. The fourth-order valence-corrected chi connectivity index (χ4v) is 2.85. The van der Waals surface area contributed by atoms with E-state index < -0.39 is 0 Å². The van der Waals surface area contributed by atoms with Crippen molar-refractivity contribution in [3.8, 4) is 5.75 Å². The molecule has 1 aliphatic heterocycles. The highest BCUT2D eigenvalue weighted by molar-refractivity contribution is 7.71. The van der Waals surface area contributed by atoms with Crippen LogP contribution >= 0.6 is 12.2 Å². The first-order chi connectivity index (χ1) is 10.2. The largest absolute Gasteiger partial charge is 0.497 e.